The lowest BCUT2D eigenvalue weighted by molar-refractivity contribution is -0.127. The van der Waals surface area contributed by atoms with Gasteiger partial charge >= 0.3 is 0 Å². The number of rotatable bonds is 7. The summed E-state index contributed by atoms with van der Waals surface area (Å²) in [6, 6.07) is 7.79. The Hall–Kier alpha value is -3.80. The number of anilines is 1. The number of benzene rings is 2. The number of nitrogens with two attached hydrogens (primary N) is 1. The lowest BCUT2D eigenvalue weighted by Gasteiger charge is -2.13. The van der Waals surface area contributed by atoms with Crippen LogP contribution in [0.25, 0.3) is 6.08 Å². The summed E-state index contributed by atoms with van der Waals surface area (Å²) in [4.78, 5) is 48.4. The minimum atomic E-state index is -1.77. The number of imide groups is 1. The Balaban J connectivity index is 1.73. The van der Waals surface area contributed by atoms with Crippen molar-refractivity contribution in [1.82, 2.24) is 4.90 Å². The van der Waals surface area contributed by atoms with Crippen molar-refractivity contribution in [3.63, 3.8) is 0 Å². The average molecular weight is 465 g/mol. The number of halogens is 3. The van der Waals surface area contributed by atoms with E-state index in [2.05, 4.69) is 0 Å². The number of hydrogen-bond acceptors (Lipinski definition) is 6. The first-order valence-corrected chi connectivity index (χ1v) is 9.68. The van der Waals surface area contributed by atoms with Gasteiger partial charge in [0.05, 0.1) is 10.6 Å². The summed E-state index contributed by atoms with van der Waals surface area (Å²) in [5, 5.41) is 1.22. The number of amides is 4. The highest BCUT2D eigenvalue weighted by atomic mass is 32.2. The molecule has 1 aliphatic rings. The van der Waals surface area contributed by atoms with Crippen LogP contribution in [0.3, 0.4) is 0 Å². The summed E-state index contributed by atoms with van der Waals surface area (Å²) in [6.07, 6.45) is 1.34. The molecule has 32 heavy (non-hydrogen) atoms. The quantitative estimate of drug-likeness (QED) is 0.479. The zero-order valence-electron chi connectivity index (χ0n) is 16.1. The molecular weight excluding hydrogens is 451 g/mol. The zero-order valence-corrected chi connectivity index (χ0v) is 16.9. The first kappa shape index (κ1) is 22.9. The molecule has 3 N–H and O–H groups in total. The number of nitrogens with one attached hydrogen (secondary N) is 1. The van der Waals surface area contributed by atoms with Crippen LogP contribution < -0.4 is 15.8 Å². The zero-order chi connectivity index (χ0) is 23.4. The van der Waals surface area contributed by atoms with Crippen LogP contribution in [0.4, 0.5) is 23.7 Å². The molecule has 166 valence electrons. The van der Waals surface area contributed by atoms with Crippen LogP contribution in [0.1, 0.15) is 5.56 Å². The second kappa shape index (κ2) is 9.56. The Kier molecular flexibility index (Phi) is 6.83. The molecule has 1 heterocycles. The van der Waals surface area contributed by atoms with Gasteiger partial charge in [0, 0.05) is 5.56 Å². The molecular formula is C20H14F3N3O5S. The number of carbonyl (C=O) groups is 4. The average Bonchev–Trinajstić information content (AvgIpc) is 3.01. The molecule has 1 saturated heterocycles. The van der Waals surface area contributed by atoms with Crippen molar-refractivity contribution in [2.75, 3.05) is 18.5 Å². The summed E-state index contributed by atoms with van der Waals surface area (Å²) in [7, 11) is 0. The molecule has 4 amide bonds. The normalized spacial score (nSPS) is 14.7. The van der Waals surface area contributed by atoms with E-state index in [0.717, 1.165) is 6.07 Å². The first-order chi connectivity index (χ1) is 15.2. The largest absolute Gasteiger partial charge is 0.483 e. The highest BCUT2D eigenvalue weighted by Crippen LogP contribution is 2.34. The maximum Gasteiger partial charge on any atom is 0.294 e. The minimum Gasteiger partial charge on any atom is -0.483 e. The van der Waals surface area contributed by atoms with Crippen molar-refractivity contribution >= 4 is 46.5 Å². The van der Waals surface area contributed by atoms with Gasteiger partial charge in [-0.3, -0.25) is 24.1 Å². The fourth-order valence-corrected chi connectivity index (χ4v) is 3.44. The fraction of sp³-hybridized carbons (Fsp3) is 0.100. The molecule has 1 aliphatic heterocycles. The van der Waals surface area contributed by atoms with E-state index in [1.54, 1.807) is 18.2 Å². The van der Waals surface area contributed by atoms with E-state index in [0.29, 0.717) is 28.3 Å². The van der Waals surface area contributed by atoms with E-state index < -0.39 is 59.3 Å². The van der Waals surface area contributed by atoms with Gasteiger partial charge in [-0.05, 0) is 36.0 Å². The predicted octanol–water partition coefficient (Wildman–Crippen LogP) is 2.64. The van der Waals surface area contributed by atoms with E-state index >= 15 is 0 Å². The number of para-hydroxylation sites is 1. The molecule has 8 nitrogen and oxygen atoms in total. The highest BCUT2D eigenvalue weighted by molar-refractivity contribution is 8.18. The third-order valence-corrected chi connectivity index (χ3v) is 4.97. The molecule has 1 fully saturated rings. The third kappa shape index (κ3) is 5.09. The molecule has 0 spiro atoms. The Morgan fingerprint density at radius 1 is 1.09 bits per heavy atom. The van der Waals surface area contributed by atoms with Crippen LogP contribution in [0.15, 0.2) is 41.3 Å². The van der Waals surface area contributed by atoms with Gasteiger partial charge in [-0.1, -0.05) is 18.2 Å². The van der Waals surface area contributed by atoms with Crippen molar-refractivity contribution < 1.29 is 37.1 Å². The fourth-order valence-electron chi connectivity index (χ4n) is 2.61. The summed E-state index contributed by atoms with van der Waals surface area (Å²) in [5.74, 6) is -7.08. The SMILES string of the molecule is NC(=O)COc1ccccc1/C=C1/SC(=O)N(CC(=O)Nc2ccc(F)c(F)c2F)C1=O. The molecule has 0 bridgehead atoms. The van der Waals surface area contributed by atoms with Crippen LogP contribution in [-0.4, -0.2) is 41.0 Å². The predicted molar refractivity (Wildman–Crippen MR) is 109 cm³/mol. The van der Waals surface area contributed by atoms with Gasteiger partial charge in [-0.25, -0.2) is 13.2 Å². The van der Waals surface area contributed by atoms with E-state index in [-0.39, 0.29) is 10.7 Å². The number of nitrogens with zero attached hydrogens (tertiary/aromatic N) is 1. The lowest BCUT2D eigenvalue weighted by Crippen LogP contribution is -2.36. The number of hydrogen-bond donors (Lipinski definition) is 2. The summed E-state index contributed by atoms with van der Waals surface area (Å²) in [6.45, 7) is -1.17. The van der Waals surface area contributed by atoms with Gasteiger partial charge in [-0.15, -0.1) is 0 Å². The van der Waals surface area contributed by atoms with Crippen LogP contribution in [0, 0.1) is 17.5 Å². The Morgan fingerprint density at radius 3 is 2.53 bits per heavy atom. The van der Waals surface area contributed by atoms with Crippen molar-refractivity contribution in [3.05, 3.63) is 64.3 Å². The van der Waals surface area contributed by atoms with Crippen LogP contribution in [-0.2, 0) is 14.4 Å². The van der Waals surface area contributed by atoms with Gasteiger partial charge in [0.15, 0.2) is 24.1 Å². The molecule has 0 aliphatic carbocycles. The molecule has 0 saturated carbocycles. The number of primary amides is 1. The highest BCUT2D eigenvalue weighted by Gasteiger charge is 2.36. The van der Waals surface area contributed by atoms with Gasteiger partial charge in [-0.2, -0.15) is 0 Å². The van der Waals surface area contributed by atoms with E-state index in [1.165, 1.54) is 12.1 Å². The Bertz CT molecular complexity index is 1160. The first-order valence-electron chi connectivity index (χ1n) is 8.86. The summed E-state index contributed by atoms with van der Waals surface area (Å²) >= 11 is 0.553. The van der Waals surface area contributed by atoms with Crippen molar-refractivity contribution in [2.45, 2.75) is 0 Å². The van der Waals surface area contributed by atoms with Gasteiger partial charge in [0.1, 0.15) is 12.3 Å². The summed E-state index contributed by atoms with van der Waals surface area (Å²) < 4.78 is 45.3. The Labute approximate surface area is 183 Å². The number of thioether (sulfide) groups is 1. The van der Waals surface area contributed by atoms with Crippen molar-refractivity contribution in [3.8, 4) is 5.75 Å². The molecule has 0 radical (unpaired) electrons. The van der Waals surface area contributed by atoms with E-state index in [9.17, 15) is 32.3 Å². The molecule has 2 aromatic carbocycles. The molecule has 2 aromatic rings. The van der Waals surface area contributed by atoms with E-state index in [1.807, 2.05) is 5.32 Å². The van der Waals surface area contributed by atoms with Gasteiger partial charge < -0.3 is 15.8 Å². The van der Waals surface area contributed by atoms with E-state index in [4.69, 9.17) is 10.5 Å². The third-order valence-electron chi connectivity index (χ3n) is 4.06. The van der Waals surface area contributed by atoms with Crippen molar-refractivity contribution in [2.24, 2.45) is 5.73 Å². The van der Waals surface area contributed by atoms with Crippen molar-refractivity contribution in [1.29, 1.82) is 0 Å². The monoisotopic (exact) mass is 465 g/mol. The standard InChI is InChI=1S/C20H14F3N3O5S/c21-11-5-6-12(18(23)17(11)22)25-16(28)8-26-19(29)14(32-20(26)30)7-10-3-1-2-4-13(10)31-9-15(24)27/h1-7H,8-9H2,(H2,24,27)(H,25,28)/b14-7+. The molecule has 12 heteroatoms. The minimum absolute atomic E-state index is 0.0306. The lowest BCUT2D eigenvalue weighted by atomic mass is 10.2. The number of ether oxygens (including phenoxy) is 1. The smallest absolute Gasteiger partial charge is 0.294 e. The molecule has 0 unspecified atom stereocenters. The molecule has 0 atom stereocenters. The number of carbonyl (C=O) groups excluding carboxylic acids is 4. The second-order valence-corrected chi connectivity index (χ2v) is 7.32. The Morgan fingerprint density at radius 2 is 1.81 bits per heavy atom. The van der Waals surface area contributed by atoms with Crippen LogP contribution in [0.2, 0.25) is 0 Å². The van der Waals surface area contributed by atoms with Gasteiger partial charge in [0.25, 0.3) is 17.1 Å². The second-order valence-electron chi connectivity index (χ2n) is 6.33. The maximum absolute atomic E-state index is 13.7. The topological polar surface area (TPSA) is 119 Å². The van der Waals surface area contributed by atoms with Crippen LogP contribution >= 0.6 is 11.8 Å². The van der Waals surface area contributed by atoms with Crippen LogP contribution in [0.5, 0.6) is 5.75 Å². The molecule has 0 aromatic heterocycles. The summed E-state index contributed by atoms with van der Waals surface area (Å²) in [5.41, 5.74) is 4.79. The molecule has 3 rings (SSSR count). The van der Waals surface area contributed by atoms with Gasteiger partial charge in [0.2, 0.25) is 5.91 Å². The maximum atomic E-state index is 13.7.